The molecule has 0 atom stereocenters. The van der Waals surface area contributed by atoms with E-state index in [1.54, 1.807) is 0 Å². The van der Waals surface area contributed by atoms with E-state index in [2.05, 4.69) is 5.32 Å². The van der Waals surface area contributed by atoms with Crippen LogP contribution in [0.15, 0.2) is 24.3 Å². The number of nitrogens with one attached hydrogen (secondary N) is 1. The minimum absolute atomic E-state index is 0. The average Bonchev–Trinajstić information content (AvgIpc) is 2.89. The summed E-state index contributed by atoms with van der Waals surface area (Å²) < 4.78 is 5.76. The molecular weight excluding hydrogens is 300 g/mol. The van der Waals surface area contributed by atoms with Crippen molar-refractivity contribution >= 4 is 18.3 Å². The summed E-state index contributed by atoms with van der Waals surface area (Å²) in [6.07, 6.45) is 4.69. The number of ether oxygens (including phenoxy) is 1. The SMILES string of the molecule is CC(C)Oc1ccccc1CC(=O)NC1(CN)CCCC1.Cl. The van der Waals surface area contributed by atoms with Crippen molar-refractivity contribution in [2.75, 3.05) is 6.54 Å². The molecule has 1 aliphatic rings. The first-order valence-corrected chi connectivity index (χ1v) is 7.80. The van der Waals surface area contributed by atoms with Gasteiger partial charge in [0.15, 0.2) is 0 Å². The van der Waals surface area contributed by atoms with Gasteiger partial charge in [-0.15, -0.1) is 12.4 Å². The molecule has 2 rings (SSSR count). The number of nitrogens with two attached hydrogens (primary N) is 1. The Balaban J connectivity index is 0.00000242. The normalized spacial score (nSPS) is 16.2. The summed E-state index contributed by atoms with van der Waals surface area (Å²) in [4.78, 5) is 12.3. The highest BCUT2D eigenvalue weighted by Crippen LogP contribution is 2.29. The third-order valence-electron chi connectivity index (χ3n) is 4.04. The van der Waals surface area contributed by atoms with Crippen LogP contribution in [-0.2, 0) is 11.2 Å². The zero-order valence-electron chi connectivity index (χ0n) is 13.4. The van der Waals surface area contributed by atoms with Crippen LogP contribution in [0.3, 0.4) is 0 Å². The fourth-order valence-corrected chi connectivity index (χ4v) is 2.96. The maximum absolute atomic E-state index is 12.3. The van der Waals surface area contributed by atoms with E-state index in [9.17, 15) is 4.79 Å². The maximum atomic E-state index is 12.3. The van der Waals surface area contributed by atoms with Crippen molar-refractivity contribution in [2.24, 2.45) is 5.73 Å². The first kappa shape index (κ1) is 18.8. The van der Waals surface area contributed by atoms with E-state index in [1.165, 1.54) is 0 Å². The molecule has 1 aromatic rings. The van der Waals surface area contributed by atoms with E-state index in [4.69, 9.17) is 10.5 Å². The number of rotatable bonds is 6. The van der Waals surface area contributed by atoms with E-state index in [1.807, 2.05) is 38.1 Å². The van der Waals surface area contributed by atoms with Gasteiger partial charge in [0.1, 0.15) is 5.75 Å². The van der Waals surface area contributed by atoms with Crippen LogP contribution in [0.1, 0.15) is 45.1 Å². The summed E-state index contributed by atoms with van der Waals surface area (Å²) in [5.41, 5.74) is 6.60. The lowest BCUT2D eigenvalue weighted by atomic mass is 9.97. The molecule has 124 valence electrons. The Morgan fingerprint density at radius 3 is 2.55 bits per heavy atom. The quantitative estimate of drug-likeness (QED) is 0.845. The van der Waals surface area contributed by atoms with Crippen LogP contribution >= 0.6 is 12.4 Å². The number of hydrogen-bond acceptors (Lipinski definition) is 3. The van der Waals surface area contributed by atoms with Gasteiger partial charge in [0.05, 0.1) is 18.1 Å². The number of para-hydroxylation sites is 1. The molecule has 1 saturated carbocycles. The van der Waals surface area contributed by atoms with Gasteiger partial charge in [-0.25, -0.2) is 0 Å². The van der Waals surface area contributed by atoms with E-state index < -0.39 is 0 Å². The summed E-state index contributed by atoms with van der Waals surface area (Å²) >= 11 is 0. The Kier molecular flexibility index (Phi) is 7.17. The zero-order valence-corrected chi connectivity index (χ0v) is 14.2. The predicted molar refractivity (Wildman–Crippen MR) is 91.6 cm³/mol. The smallest absolute Gasteiger partial charge is 0.225 e. The summed E-state index contributed by atoms with van der Waals surface area (Å²) in [6.45, 7) is 4.49. The number of hydrogen-bond donors (Lipinski definition) is 2. The molecule has 1 aromatic carbocycles. The Bertz CT molecular complexity index is 485. The highest BCUT2D eigenvalue weighted by molar-refractivity contribution is 5.85. The molecule has 0 heterocycles. The number of halogens is 1. The van der Waals surface area contributed by atoms with Crippen molar-refractivity contribution in [3.63, 3.8) is 0 Å². The molecule has 3 N–H and O–H groups in total. The van der Waals surface area contributed by atoms with Gasteiger partial charge >= 0.3 is 0 Å². The molecule has 1 amide bonds. The van der Waals surface area contributed by atoms with Crippen molar-refractivity contribution in [3.05, 3.63) is 29.8 Å². The summed E-state index contributed by atoms with van der Waals surface area (Å²) in [7, 11) is 0. The summed E-state index contributed by atoms with van der Waals surface area (Å²) in [5.74, 6) is 0.818. The van der Waals surface area contributed by atoms with Crippen molar-refractivity contribution in [1.29, 1.82) is 0 Å². The van der Waals surface area contributed by atoms with Gasteiger partial charge in [-0.3, -0.25) is 4.79 Å². The molecule has 0 aliphatic heterocycles. The minimum Gasteiger partial charge on any atom is -0.491 e. The first-order chi connectivity index (χ1) is 10.0. The van der Waals surface area contributed by atoms with Crippen LogP contribution in [0.2, 0.25) is 0 Å². The zero-order chi connectivity index (χ0) is 15.3. The lowest BCUT2D eigenvalue weighted by Crippen LogP contribution is -2.52. The number of amides is 1. The van der Waals surface area contributed by atoms with Crippen molar-refractivity contribution in [2.45, 2.75) is 57.6 Å². The van der Waals surface area contributed by atoms with Crippen LogP contribution in [0.25, 0.3) is 0 Å². The highest BCUT2D eigenvalue weighted by Gasteiger charge is 2.33. The molecule has 0 unspecified atom stereocenters. The molecule has 0 radical (unpaired) electrons. The third kappa shape index (κ3) is 4.89. The van der Waals surface area contributed by atoms with Gasteiger partial charge in [-0.1, -0.05) is 31.0 Å². The molecule has 5 heteroatoms. The Hall–Kier alpha value is -1.26. The van der Waals surface area contributed by atoms with Crippen LogP contribution < -0.4 is 15.8 Å². The minimum atomic E-state index is -0.190. The van der Waals surface area contributed by atoms with E-state index in [0.717, 1.165) is 37.0 Å². The van der Waals surface area contributed by atoms with Crippen molar-refractivity contribution in [3.8, 4) is 5.75 Å². The second kappa shape index (κ2) is 8.39. The van der Waals surface area contributed by atoms with Gasteiger partial charge in [0.25, 0.3) is 0 Å². The molecule has 1 fully saturated rings. The van der Waals surface area contributed by atoms with Crippen LogP contribution in [0.4, 0.5) is 0 Å². The first-order valence-electron chi connectivity index (χ1n) is 7.80. The maximum Gasteiger partial charge on any atom is 0.225 e. The lowest BCUT2D eigenvalue weighted by molar-refractivity contribution is -0.122. The Morgan fingerprint density at radius 2 is 1.95 bits per heavy atom. The molecule has 1 aliphatic carbocycles. The molecule has 0 spiro atoms. The number of carbonyl (C=O) groups excluding carboxylic acids is 1. The van der Waals surface area contributed by atoms with Gasteiger partial charge in [-0.2, -0.15) is 0 Å². The number of benzene rings is 1. The standard InChI is InChI=1S/C17H26N2O2.ClH/c1-13(2)21-15-8-4-3-7-14(15)11-16(20)19-17(12-18)9-5-6-10-17;/h3-4,7-8,13H,5-6,9-12,18H2,1-2H3,(H,19,20);1H. The van der Waals surface area contributed by atoms with E-state index >= 15 is 0 Å². The Labute approximate surface area is 139 Å². The summed E-state index contributed by atoms with van der Waals surface area (Å²) in [5, 5.41) is 3.15. The predicted octanol–water partition coefficient (Wildman–Crippen LogP) is 2.83. The molecule has 0 bridgehead atoms. The molecule has 22 heavy (non-hydrogen) atoms. The lowest BCUT2D eigenvalue weighted by Gasteiger charge is -2.29. The third-order valence-corrected chi connectivity index (χ3v) is 4.04. The topological polar surface area (TPSA) is 64.3 Å². The molecular formula is C17H27ClN2O2. The summed E-state index contributed by atoms with van der Waals surface area (Å²) in [6, 6.07) is 7.72. The Morgan fingerprint density at radius 1 is 1.32 bits per heavy atom. The monoisotopic (exact) mass is 326 g/mol. The fraction of sp³-hybridized carbons (Fsp3) is 0.588. The average molecular weight is 327 g/mol. The van der Waals surface area contributed by atoms with E-state index in [-0.39, 0.29) is 30.0 Å². The van der Waals surface area contributed by atoms with Gasteiger partial charge in [0, 0.05) is 12.1 Å². The van der Waals surface area contributed by atoms with Gasteiger partial charge < -0.3 is 15.8 Å². The van der Waals surface area contributed by atoms with Gasteiger partial charge in [-0.05, 0) is 32.8 Å². The van der Waals surface area contributed by atoms with Crippen LogP contribution in [-0.4, -0.2) is 24.1 Å². The highest BCUT2D eigenvalue weighted by atomic mass is 35.5. The molecule has 4 nitrogen and oxygen atoms in total. The van der Waals surface area contributed by atoms with Crippen LogP contribution in [0, 0.1) is 0 Å². The molecule has 0 saturated heterocycles. The molecule has 0 aromatic heterocycles. The van der Waals surface area contributed by atoms with E-state index in [0.29, 0.717) is 13.0 Å². The second-order valence-electron chi connectivity index (χ2n) is 6.19. The van der Waals surface area contributed by atoms with Crippen molar-refractivity contribution in [1.82, 2.24) is 5.32 Å². The number of carbonyl (C=O) groups is 1. The van der Waals surface area contributed by atoms with Gasteiger partial charge in [0.2, 0.25) is 5.91 Å². The second-order valence-corrected chi connectivity index (χ2v) is 6.19. The largest absolute Gasteiger partial charge is 0.491 e. The van der Waals surface area contributed by atoms with Crippen molar-refractivity contribution < 1.29 is 9.53 Å². The van der Waals surface area contributed by atoms with Crippen LogP contribution in [0.5, 0.6) is 5.75 Å². The fourth-order valence-electron chi connectivity index (χ4n) is 2.96.